The van der Waals surface area contributed by atoms with E-state index in [4.69, 9.17) is 9.72 Å². The number of ether oxygens (including phenoxy) is 1. The van der Waals surface area contributed by atoms with Crippen molar-refractivity contribution in [3.05, 3.63) is 47.8 Å². The number of nitrogens with one attached hydrogen (secondary N) is 1. The van der Waals surface area contributed by atoms with Crippen LogP contribution < -0.4 is 5.32 Å². The summed E-state index contributed by atoms with van der Waals surface area (Å²) in [5.41, 5.74) is 2.64. The predicted octanol–water partition coefficient (Wildman–Crippen LogP) is 3.73. The number of likely N-dealkylation sites (tertiary alicyclic amines) is 1. The smallest absolute Gasteiger partial charge is 0.175 e. The fourth-order valence-electron chi connectivity index (χ4n) is 6.50. The van der Waals surface area contributed by atoms with E-state index in [1.165, 1.54) is 19.1 Å². The van der Waals surface area contributed by atoms with Gasteiger partial charge in [-0.05, 0) is 87.1 Å². The summed E-state index contributed by atoms with van der Waals surface area (Å²) in [7, 11) is -1.41. The van der Waals surface area contributed by atoms with Gasteiger partial charge in [0.2, 0.25) is 0 Å². The van der Waals surface area contributed by atoms with Gasteiger partial charge >= 0.3 is 0 Å². The molecule has 3 fully saturated rings. The van der Waals surface area contributed by atoms with E-state index in [-0.39, 0.29) is 16.6 Å². The van der Waals surface area contributed by atoms with E-state index >= 15 is 4.39 Å². The first-order valence-corrected chi connectivity index (χ1v) is 15.2. The van der Waals surface area contributed by atoms with Gasteiger partial charge in [0.25, 0.3) is 0 Å². The van der Waals surface area contributed by atoms with Gasteiger partial charge in [-0.2, -0.15) is 0 Å². The standard InChI is InChI=1S/C28H35FN4O3S/c1-32-24-8-7-23(26(29)27(24)31-28(32)18-3-5-22(6-4-18)37(2,34)35)19-11-14-33(21-9-12-30-13-10-21)25(15-19)20-16-36-17-20/h3-8,19-21,25,30H,9-17H2,1-2H3/t19?,25-/m1/s1. The van der Waals surface area contributed by atoms with Crippen LogP contribution in [0.3, 0.4) is 0 Å². The first-order chi connectivity index (χ1) is 17.8. The van der Waals surface area contributed by atoms with Gasteiger partial charge in [-0.25, -0.2) is 17.8 Å². The normalized spacial score (nSPS) is 24.4. The van der Waals surface area contributed by atoms with E-state index in [1.807, 2.05) is 23.7 Å². The first kappa shape index (κ1) is 25.0. The van der Waals surface area contributed by atoms with Crippen molar-refractivity contribution in [1.29, 1.82) is 0 Å². The van der Waals surface area contributed by atoms with E-state index in [2.05, 4.69) is 10.2 Å². The molecule has 6 rings (SSSR count). The zero-order valence-corrected chi connectivity index (χ0v) is 22.3. The van der Waals surface area contributed by atoms with Crippen molar-refractivity contribution in [2.75, 3.05) is 39.1 Å². The van der Waals surface area contributed by atoms with Crippen molar-refractivity contribution in [2.24, 2.45) is 13.0 Å². The molecule has 3 aliphatic rings. The molecule has 37 heavy (non-hydrogen) atoms. The summed E-state index contributed by atoms with van der Waals surface area (Å²) < 4.78 is 47.2. The largest absolute Gasteiger partial charge is 0.381 e. The number of benzene rings is 2. The lowest BCUT2D eigenvalue weighted by atomic mass is 9.78. The summed E-state index contributed by atoms with van der Waals surface area (Å²) in [5, 5.41) is 3.48. The van der Waals surface area contributed by atoms with Crippen LogP contribution >= 0.6 is 0 Å². The SMILES string of the molecule is Cn1c(-c2ccc(S(C)(=O)=O)cc2)nc2c(F)c(C3CCN(C4CCNCC4)[C@@H](C4COC4)C3)ccc21. The van der Waals surface area contributed by atoms with Crippen LogP contribution in [0.15, 0.2) is 41.3 Å². The van der Waals surface area contributed by atoms with Crippen LogP contribution in [0.4, 0.5) is 4.39 Å². The van der Waals surface area contributed by atoms with Crippen LogP contribution in [0.2, 0.25) is 0 Å². The minimum absolute atomic E-state index is 0.160. The molecule has 0 bridgehead atoms. The lowest BCUT2D eigenvalue weighted by Gasteiger charge is -2.50. The van der Waals surface area contributed by atoms with Crippen LogP contribution in [0.1, 0.15) is 37.2 Å². The molecule has 0 spiro atoms. The fraction of sp³-hybridized carbons (Fsp3) is 0.536. The van der Waals surface area contributed by atoms with Crippen LogP contribution in [-0.2, 0) is 21.6 Å². The second-order valence-corrected chi connectivity index (χ2v) is 12.9. The molecule has 7 nitrogen and oxygen atoms in total. The molecular weight excluding hydrogens is 491 g/mol. The Balaban J connectivity index is 1.30. The molecule has 3 aromatic rings. The van der Waals surface area contributed by atoms with Gasteiger partial charge in [0.05, 0.1) is 23.6 Å². The number of hydrogen-bond acceptors (Lipinski definition) is 6. The molecule has 3 saturated heterocycles. The minimum atomic E-state index is -3.28. The van der Waals surface area contributed by atoms with E-state index in [9.17, 15) is 8.42 Å². The van der Waals surface area contributed by atoms with Gasteiger partial charge in [0.15, 0.2) is 15.7 Å². The highest BCUT2D eigenvalue weighted by atomic mass is 32.2. The molecular formula is C28H35FN4O3S. The molecule has 2 aromatic carbocycles. The highest BCUT2D eigenvalue weighted by molar-refractivity contribution is 7.90. The van der Waals surface area contributed by atoms with E-state index < -0.39 is 9.84 Å². The molecule has 2 atom stereocenters. The third-order valence-electron chi connectivity index (χ3n) is 8.68. The quantitative estimate of drug-likeness (QED) is 0.546. The number of hydrogen-bond donors (Lipinski definition) is 1. The van der Waals surface area contributed by atoms with Gasteiger partial charge in [-0.3, -0.25) is 4.90 Å². The van der Waals surface area contributed by atoms with Crippen molar-refractivity contribution in [3.8, 4) is 11.4 Å². The van der Waals surface area contributed by atoms with Gasteiger partial charge in [0.1, 0.15) is 11.3 Å². The Hall–Kier alpha value is -2.33. The number of piperidine rings is 2. The molecule has 1 unspecified atom stereocenters. The van der Waals surface area contributed by atoms with Gasteiger partial charge in [-0.15, -0.1) is 0 Å². The third-order valence-corrected chi connectivity index (χ3v) is 9.80. The number of imidazole rings is 1. The average Bonchev–Trinajstić information content (AvgIpc) is 3.20. The maximum atomic E-state index is 16.1. The molecule has 9 heteroatoms. The van der Waals surface area contributed by atoms with Crippen molar-refractivity contribution in [3.63, 3.8) is 0 Å². The second-order valence-electron chi connectivity index (χ2n) is 10.9. The number of sulfone groups is 1. The summed E-state index contributed by atoms with van der Waals surface area (Å²) in [6.07, 6.45) is 5.44. The maximum absolute atomic E-state index is 16.1. The van der Waals surface area contributed by atoms with Crippen molar-refractivity contribution in [1.82, 2.24) is 19.8 Å². The van der Waals surface area contributed by atoms with Crippen molar-refractivity contribution >= 4 is 20.9 Å². The van der Waals surface area contributed by atoms with E-state index in [1.54, 1.807) is 24.3 Å². The van der Waals surface area contributed by atoms with Crippen LogP contribution in [0, 0.1) is 11.7 Å². The highest BCUT2D eigenvalue weighted by Crippen LogP contribution is 2.40. The van der Waals surface area contributed by atoms with Gasteiger partial charge < -0.3 is 14.6 Å². The van der Waals surface area contributed by atoms with Gasteiger partial charge in [0, 0.05) is 36.9 Å². The zero-order valence-electron chi connectivity index (χ0n) is 21.5. The maximum Gasteiger partial charge on any atom is 0.175 e. The van der Waals surface area contributed by atoms with Crippen LogP contribution in [-0.4, -0.2) is 74.1 Å². The lowest BCUT2D eigenvalue weighted by molar-refractivity contribution is -0.0958. The Bertz CT molecular complexity index is 1400. The number of aromatic nitrogens is 2. The number of rotatable bonds is 5. The topological polar surface area (TPSA) is 76.5 Å². The molecule has 198 valence electrons. The zero-order chi connectivity index (χ0) is 25.7. The molecule has 0 aliphatic carbocycles. The first-order valence-electron chi connectivity index (χ1n) is 13.3. The van der Waals surface area contributed by atoms with Gasteiger partial charge in [-0.1, -0.05) is 6.07 Å². The van der Waals surface area contributed by atoms with E-state index in [0.717, 1.165) is 62.3 Å². The molecule has 1 N–H and O–H groups in total. The number of aryl methyl sites for hydroxylation is 1. The summed E-state index contributed by atoms with van der Waals surface area (Å²) in [6, 6.07) is 11.6. The van der Waals surface area contributed by atoms with Crippen molar-refractivity contribution in [2.45, 2.75) is 48.6 Å². The molecule has 1 aromatic heterocycles. The molecule has 0 saturated carbocycles. The molecule has 0 amide bonds. The minimum Gasteiger partial charge on any atom is -0.381 e. The Kier molecular flexibility index (Phi) is 6.59. The van der Waals surface area contributed by atoms with Crippen LogP contribution in [0.5, 0.6) is 0 Å². The highest BCUT2D eigenvalue weighted by Gasteiger charge is 2.41. The Morgan fingerprint density at radius 1 is 1.05 bits per heavy atom. The predicted molar refractivity (Wildman–Crippen MR) is 142 cm³/mol. The second kappa shape index (κ2) is 9.76. The monoisotopic (exact) mass is 526 g/mol. The molecule has 3 aliphatic heterocycles. The Morgan fingerprint density at radius 2 is 1.78 bits per heavy atom. The fourth-order valence-corrected chi connectivity index (χ4v) is 7.13. The molecule has 4 heterocycles. The van der Waals surface area contributed by atoms with Crippen LogP contribution in [0.25, 0.3) is 22.4 Å². The Morgan fingerprint density at radius 3 is 2.43 bits per heavy atom. The summed E-state index contributed by atoms with van der Waals surface area (Å²) in [6.45, 7) is 4.75. The number of fused-ring (bicyclic) bond motifs is 1. The summed E-state index contributed by atoms with van der Waals surface area (Å²) >= 11 is 0. The number of halogens is 1. The summed E-state index contributed by atoms with van der Waals surface area (Å²) in [4.78, 5) is 7.66. The Labute approximate surface area is 217 Å². The number of nitrogens with zero attached hydrogens (tertiary/aromatic N) is 3. The lowest BCUT2D eigenvalue weighted by Crippen LogP contribution is -2.57. The average molecular weight is 527 g/mol. The summed E-state index contributed by atoms with van der Waals surface area (Å²) in [5.74, 6) is 1.08. The molecule has 0 radical (unpaired) electrons. The van der Waals surface area contributed by atoms with Crippen molar-refractivity contribution < 1.29 is 17.5 Å². The van der Waals surface area contributed by atoms with E-state index in [0.29, 0.717) is 29.3 Å². The third kappa shape index (κ3) is 4.60.